The molecule has 0 bridgehead atoms. The number of carbonyl (C=O) groups excluding carboxylic acids is 1. The molecule has 0 aliphatic heterocycles. The standard InChI is InChI=1S/C16H25NO2/c1-10(2)13(5)17-16(18)14(6)19-15-8-7-11(3)12(4)9-15/h7-10,13-14H,1-6H3,(H,17,18)/t13-,14+/m0/s1. The maximum Gasteiger partial charge on any atom is 0.260 e. The molecule has 0 unspecified atom stereocenters. The van der Waals surface area contributed by atoms with Crippen molar-refractivity contribution in [2.75, 3.05) is 0 Å². The summed E-state index contributed by atoms with van der Waals surface area (Å²) in [4.78, 5) is 12.0. The molecule has 1 N–H and O–H groups in total. The molecule has 0 aromatic heterocycles. The Morgan fingerprint density at radius 2 is 1.74 bits per heavy atom. The van der Waals surface area contributed by atoms with Crippen molar-refractivity contribution >= 4 is 5.91 Å². The first-order chi connectivity index (χ1) is 8.81. The number of rotatable bonds is 5. The molecule has 19 heavy (non-hydrogen) atoms. The van der Waals surface area contributed by atoms with Crippen LogP contribution >= 0.6 is 0 Å². The summed E-state index contributed by atoms with van der Waals surface area (Å²) in [5, 5.41) is 2.96. The van der Waals surface area contributed by atoms with Crippen LogP contribution in [0.4, 0.5) is 0 Å². The smallest absolute Gasteiger partial charge is 0.260 e. The molecule has 0 saturated carbocycles. The van der Waals surface area contributed by atoms with Crippen LogP contribution < -0.4 is 10.1 Å². The molecule has 0 aliphatic rings. The van der Waals surface area contributed by atoms with E-state index in [0.717, 1.165) is 5.75 Å². The van der Waals surface area contributed by atoms with Crippen molar-refractivity contribution in [3.05, 3.63) is 29.3 Å². The second-order valence-electron chi connectivity index (χ2n) is 5.55. The van der Waals surface area contributed by atoms with Crippen LogP contribution in [0.1, 0.15) is 38.8 Å². The van der Waals surface area contributed by atoms with Gasteiger partial charge in [-0.1, -0.05) is 19.9 Å². The van der Waals surface area contributed by atoms with Crippen molar-refractivity contribution in [2.24, 2.45) is 5.92 Å². The van der Waals surface area contributed by atoms with Crippen LogP contribution in [-0.2, 0) is 4.79 Å². The van der Waals surface area contributed by atoms with Gasteiger partial charge in [0.15, 0.2) is 6.10 Å². The summed E-state index contributed by atoms with van der Waals surface area (Å²) >= 11 is 0. The van der Waals surface area contributed by atoms with Gasteiger partial charge in [-0.15, -0.1) is 0 Å². The fourth-order valence-electron chi connectivity index (χ4n) is 1.55. The Morgan fingerprint density at radius 3 is 2.26 bits per heavy atom. The van der Waals surface area contributed by atoms with Gasteiger partial charge >= 0.3 is 0 Å². The molecule has 1 aromatic rings. The van der Waals surface area contributed by atoms with Gasteiger partial charge in [-0.2, -0.15) is 0 Å². The Kier molecular flexibility index (Phi) is 5.40. The largest absolute Gasteiger partial charge is 0.481 e. The van der Waals surface area contributed by atoms with Gasteiger partial charge in [-0.25, -0.2) is 0 Å². The van der Waals surface area contributed by atoms with Crippen LogP contribution in [0.2, 0.25) is 0 Å². The lowest BCUT2D eigenvalue weighted by Crippen LogP contribution is -2.43. The van der Waals surface area contributed by atoms with Crippen molar-refractivity contribution < 1.29 is 9.53 Å². The van der Waals surface area contributed by atoms with E-state index < -0.39 is 6.10 Å². The van der Waals surface area contributed by atoms with Crippen LogP contribution in [0.15, 0.2) is 18.2 Å². The average Bonchev–Trinajstić information content (AvgIpc) is 2.33. The molecule has 0 radical (unpaired) electrons. The van der Waals surface area contributed by atoms with Crippen LogP contribution in [-0.4, -0.2) is 18.1 Å². The summed E-state index contributed by atoms with van der Waals surface area (Å²) in [7, 11) is 0. The summed E-state index contributed by atoms with van der Waals surface area (Å²) in [5.74, 6) is 1.08. The zero-order valence-electron chi connectivity index (χ0n) is 12.8. The van der Waals surface area contributed by atoms with Gasteiger partial charge in [0.2, 0.25) is 0 Å². The average molecular weight is 263 g/mol. The summed E-state index contributed by atoms with van der Waals surface area (Å²) < 4.78 is 5.68. The van der Waals surface area contributed by atoms with Crippen molar-refractivity contribution in [3.63, 3.8) is 0 Å². The van der Waals surface area contributed by atoms with Crippen molar-refractivity contribution in [1.29, 1.82) is 0 Å². The Balaban J connectivity index is 2.61. The highest BCUT2D eigenvalue weighted by molar-refractivity contribution is 5.81. The SMILES string of the molecule is Cc1ccc(O[C@H](C)C(=O)N[C@@H](C)C(C)C)cc1C. The van der Waals surface area contributed by atoms with Gasteiger partial charge in [0, 0.05) is 6.04 Å². The van der Waals surface area contributed by atoms with Gasteiger partial charge in [-0.05, 0) is 56.9 Å². The molecule has 3 nitrogen and oxygen atoms in total. The van der Waals surface area contributed by atoms with E-state index in [0.29, 0.717) is 5.92 Å². The number of hydrogen-bond acceptors (Lipinski definition) is 2. The lowest BCUT2D eigenvalue weighted by atomic mass is 10.1. The molecule has 1 amide bonds. The highest BCUT2D eigenvalue weighted by Crippen LogP contribution is 2.17. The normalized spacial score (nSPS) is 14.1. The Morgan fingerprint density at radius 1 is 1.11 bits per heavy atom. The minimum Gasteiger partial charge on any atom is -0.481 e. The maximum absolute atomic E-state index is 12.0. The van der Waals surface area contributed by atoms with Crippen LogP contribution in [0.3, 0.4) is 0 Å². The van der Waals surface area contributed by atoms with E-state index in [2.05, 4.69) is 26.1 Å². The number of amides is 1. The lowest BCUT2D eigenvalue weighted by Gasteiger charge is -2.21. The molecule has 1 rings (SSSR count). The molecule has 3 heteroatoms. The molecule has 0 aliphatic carbocycles. The van der Waals surface area contributed by atoms with Gasteiger partial charge < -0.3 is 10.1 Å². The van der Waals surface area contributed by atoms with E-state index in [4.69, 9.17) is 4.74 Å². The number of benzene rings is 1. The van der Waals surface area contributed by atoms with Gasteiger partial charge in [0.1, 0.15) is 5.75 Å². The lowest BCUT2D eigenvalue weighted by molar-refractivity contribution is -0.128. The van der Waals surface area contributed by atoms with Gasteiger partial charge in [0.05, 0.1) is 0 Å². The molecule has 0 saturated heterocycles. The van der Waals surface area contributed by atoms with Crippen molar-refractivity contribution in [2.45, 2.75) is 53.7 Å². The molecule has 106 valence electrons. The molecule has 0 spiro atoms. The second-order valence-corrected chi connectivity index (χ2v) is 5.55. The predicted octanol–water partition coefficient (Wildman–Crippen LogP) is 3.23. The zero-order chi connectivity index (χ0) is 14.6. The summed E-state index contributed by atoms with van der Waals surface area (Å²) in [5.41, 5.74) is 2.39. The molecule has 0 heterocycles. The fraction of sp³-hybridized carbons (Fsp3) is 0.562. The van der Waals surface area contributed by atoms with E-state index in [1.165, 1.54) is 11.1 Å². The highest BCUT2D eigenvalue weighted by Gasteiger charge is 2.18. The minimum atomic E-state index is -0.483. The van der Waals surface area contributed by atoms with Crippen LogP contribution in [0, 0.1) is 19.8 Å². The fourth-order valence-corrected chi connectivity index (χ4v) is 1.55. The predicted molar refractivity (Wildman–Crippen MR) is 78.4 cm³/mol. The molecular weight excluding hydrogens is 238 g/mol. The van der Waals surface area contributed by atoms with E-state index >= 15 is 0 Å². The van der Waals surface area contributed by atoms with Gasteiger partial charge in [-0.3, -0.25) is 4.79 Å². The van der Waals surface area contributed by atoms with Crippen molar-refractivity contribution in [1.82, 2.24) is 5.32 Å². The summed E-state index contributed by atoms with van der Waals surface area (Å²) in [6, 6.07) is 6.02. The molecule has 1 aromatic carbocycles. The van der Waals surface area contributed by atoms with Crippen LogP contribution in [0.25, 0.3) is 0 Å². The minimum absolute atomic E-state index is 0.0700. The molecule has 0 fully saturated rings. The monoisotopic (exact) mass is 263 g/mol. The highest BCUT2D eigenvalue weighted by atomic mass is 16.5. The molecular formula is C16H25NO2. The first-order valence-corrected chi connectivity index (χ1v) is 6.85. The third kappa shape index (κ3) is 4.58. The van der Waals surface area contributed by atoms with Gasteiger partial charge in [0.25, 0.3) is 5.91 Å². The maximum atomic E-state index is 12.0. The topological polar surface area (TPSA) is 38.3 Å². The summed E-state index contributed by atoms with van der Waals surface area (Å²) in [6.07, 6.45) is -0.483. The number of carbonyl (C=O) groups is 1. The first kappa shape index (κ1) is 15.5. The Labute approximate surface area is 116 Å². The Hall–Kier alpha value is -1.51. The van der Waals surface area contributed by atoms with E-state index in [1.807, 2.05) is 32.0 Å². The van der Waals surface area contributed by atoms with E-state index in [1.54, 1.807) is 6.92 Å². The van der Waals surface area contributed by atoms with E-state index in [9.17, 15) is 4.79 Å². The number of hydrogen-bond donors (Lipinski definition) is 1. The quantitative estimate of drug-likeness (QED) is 0.885. The van der Waals surface area contributed by atoms with Crippen LogP contribution in [0.5, 0.6) is 5.75 Å². The molecule has 2 atom stereocenters. The number of ether oxygens (including phenoxy) is 1. The second kappa shape index (κ2) is 6.60. The zero-order valence-corrected chi connectivity index (χ0v) is 12.8. The van der Waals surface area contributed by atoms with Crippen molar-refractivity contribution in [3.8, 4) is 5.75 Å². The number of nitrogens with one attached hydrogen (secondary N) is 1. The third-order valence-electron chi connectivity index (χ3n) is 3.53. The summed E-state index contributed by atoms with van der Waals surface area (Å²) in [6.45, 7) is 12.0. The number of aryl methyl sites for hydroxylation is 2. The Bertz CT molecular complexity index is 440. The van der Waals surface area contributed by atoms with E-state index in [-0.39, 0.29) is 11.9 Å². The first-order valence-electron chi connectivity index (χ1n) is 6.85. The third-order valence-corrected chi connectivity index (χ3v) is 3.53.